The van der Waals surface area contributed by atoms with E-state index in [1.165, 1.54) is 11.6 Å². The average molecular weight is 289 g/mol. The molecular formula is C18H27NO2. The molecule has 2 N–H and O–H groups in total. The first-order valence-corrected chi connectivity index (χ1v) is 7.69. The predicted molar refractivity (Wildman–Crippen MR) is 88.0 cm³/mol. The Hall–Kier alpha value is -1.61. The van der Waals surface area contributed by atoms with E-state index >= 15 is 0 Å². The summed E-state index contributed by atoms with van der Waals surface area (Å²) in [7, 11) is 0. The fourth-order valence-electron chi connectivity index (χ4n) is 2.44. The highest BCUT2D eigenvalue weighted by atomic mass is 16.3. The number of hydrogen-bond donors (Lipinski definition) is 2. The van der Waals surface area contributed by atoms with Gasteiger partial charge in [-0.2, -0.15) is 0 Å². The molecule has 0 saturated carbocycles. The number of hydrogen-bond acceptors (Lipinski definition) is 2. The van der Waals surface area contributed by atoms with Crippen molar-refractivity contribution in [2.75, 3.05) is 6.54 Å². The van der Waals surface area contributed by atoms with Crippen molar-refractivity contribution in [2.24, 2.45) is 5.92 Å². The van der Waals surface area contributed by atoms with Crippen LogP contribution in [0.4, 0.5) is 0 Å². The fourth-order valence-corrected chi connectivity index (χ4v) is 2.44. The molecule has 1 aromatic rings. The predicted octanol–water partition coefficient (Wildman–Crippen LogP) is 3.23. The summed E-state index contributed by atoms with van der Waals surface area (Å²) >= 11 is 0. The van der Waals surface area contributed by atoms with Gasteiger partial charge in [0.05, 0.1) is 6.10 Å². The highest BCUT2D eigenvalue weighted by molar-refractivity contribution is 5.91. The van der Waals surface area contributed by atoms with Crippen LogP contribution >= 0.6 is 0 Å². The van der Waals surface area contributed by atoms with Crippen molar-refractivity contribution >= 4 is 12.0 Å². The van der Waals surface area contributed by atoms with Crippen molar-refractivity contribution in [1.29, 1.82) is 0 Å². The molecule has 0 aliphatic heterocycles. The van der Waals surface area contributed by atoms with E-state index in [9.17, 15) is 9.90 Å². The number of carbonyl (C=O) groups excluding carboxylic acids is 1. The summed E-state index contributed by atoms with van der Waals surface area (Å²) in [6.45, 7) is 8.49. The van der Waals surface area contributed by atoms with Gasteiger partial charge in [-0.1, -0.05) is 50.5 Å². The van der Waals surface area contributed by atoms with Crippen molar-refractivity contribution in [3.8, 4) is 0 Å². The van der Waals surface area contributed by atoms with Gasteiger partial charge in [-0.05, 0) is 37.0 Å². The van der Waals surface area contributed by atoms with Crippen molar-refractivity contribution in [2.45, 2.75) is 46.6 Å². The molecule has 3 heteroatoms. The second-order valence-electron chi connectivity index (χ2n) is 5.58. The molecule has 3 nitrogen and oxygen atoms in total. The monoisotopic (exact) mass is 289 g/mol. The largest absolute Gasteiger partial charge is 0.391 e. The van der Waals surface area contributed by atoms with Crippen LogP contribution in [0.15, 0.2) is 24.3 Å². The van der Waals surface area contributed by atoms with E-state index in [-0.39, 0.29) is 11.8 Å². The normalized spacial score (nSPS) is 12.9. The van der Waals surface area contributed by atoms with Gasteiger partial charge in [0.2, 0.25) is 5.91 Å². The highest BCUT2D eigenvalue weighted by Gasteiger charge is 2.15. The molecule has 0 heterocycles. The van der Waals surface area contributed by atoms with Gasteiger partial charge in [0, 0.05) is 12.6 Å². The van der Waals surface area contributed by atoms with E-state index in [2.05, 4.69) is 25.2 Å². The maximum absolute atomic E-state index is 11.8. The van der Waals surface area contributed by atoms with Crippen LogP contribution in [0.25, 0.3) is 6.08 Å². The third-order valence-electron chi connectivity index (χ3n) is 3.92. The Morgan fingerprint density at radius 3 is 2.52 bits per heavy atom. The summed E-state index contributed by atoms with van der Waals surface area (Å²) in [5, 5.41) is 12.7. The van der Waals surface area contributed by atoms with E-state index in [1.54, 1.807) is 0 Å². The molecule has 0 radical (unpaired) electrons. The summed E-state index contributed by atoms with van der Waals surface area (Å²) in [5.41, 5.74) is 3.40. The third kappa shape index (κ3) is 5.72. The first-order chi connectivity index (χ1) is 9.97. The number of aliphatic hydroxyl groups excluding tert-OH is 1. The summed E-state index contributed by atoms with van der Waals surface area (Å²) in [5.74, 6) is 0.0774. The molecule has 0 fully saturated rings. The van der Waals surface area contributed by atoms with Gasteiger partial charge in [0.1, 0.15) is 0 Å². The van der Waals surface area contributed by atoms with Crippen molar-refractivity contribution < 1.29 is 9.90 Å². The van der Waals surface area contributed by atoms with E-state index in [0.29, 0.717) is 6.54 Å². The number of rotatable bonds is 7. The standard InChI is InChI=1S/C18H27NO2/c1-5-15(6-2)17(20)12-19-18(21)10-9-16-8-7-13(3)11-14(16)4/h7-11,15,17,20H,5-6,12H2,1-4H3,(H,19,21)/b10-9+. The van der Waals surface area contributed by atoms with Crippen LogP contribution in [0.1, 0.15) is 43.4 Å². The van der Waals surface area contributed by atoms with Crippen LogP contribution in [-0.4, -0.2) is 23.7 Å². The Kier molecular flexibility index (Phi) is 7.17. The maximum Gasteiger partial charge on any atom is 0.244 e. The zero-order valence-electron chi connectivity index (χ0n) is 13.5. The Morgan fingerprint density at radius 1 is 1.29 bits per heavy atom. The van der Waals surface area contributed by atoms with Crippen LogP contribution in [-0.2, 0) is 4.79 Å². The number of amides is 1. The Balaban J connectivity index is 2.51. The molecule has 1 unspecified atom stereocenters. The lowest BCUT2D eigenvalue weighted by atomic mass is 9.96. The first kappa shape index (κ1) is 17.4. The van der Waals surface area contributed by atoms with E-state index in [1.807, 2.05) is 32.1 Å². The van der Waals surface area contributed by atoms with Crippen molar-refractivity contribution in [3.05, 3.63) is 41.0 Å². The first-order valence-electron chi connectivity index (χ1n) is 7.69. The molecule has 1 rings (SSSR count). The third-order valence-corrected chi connectivity index (χ3v) is 3.92. The summed E-state index contributed by atoms with van der Waals surface area (Å²) in [4.78, 5) is 11.8. The zero-order valence-corrected chi connectivity index (χ0v) is 13.5. The average Bonchev–Trinajstić information content (AvgIpc) is 2.45. The van der Waals surface area contributed by atoms with Crippen LogP contribution in [0.3, 0.4) is 0 Å². The summed E-state index contributed by atoms with van der Waals surface area (Å²) in [6.07, 6.45) is 4.71. The lowest BCUT2D eigenvalue weighted by Crippen LogP contribution is -2.35. The van der Waals surface area contributed by atoms with Gasteiger partial charge in [-0.15, -0.1) is 0 Å². The fraction of sp³-hybridized carbons (Fsp3) is 0.500. The molecule has 1 atom stereocenters. The van der Waals surface area contributed by atoms with E-state index in [0.717, 1.165) is 24.0 Å². The quantitative estimate of drug-likeness (QED) is 0.757. The molecule has 0 bridgehead atoms. The molecule has 21 heavy (non-hydrogen) atoms. The minimum absolute atomic E-state index is 0.167. The number of carbonyl (C=O) groups is 1. The second kappa shape index (κ2) is 8.63. The lowest BCUT2D eigenvalue weighted by molar-refractivity contribution is -0.117. The topological polar surface area (TPSA) is 49.3 Å². The number of benzene rings is 1. The number of aliphatic hydroxyl groups is 1. The summed E-state index contributed by atoms with van der Waals surface area (Å²) < 4.78 is 0. The van der Waals surface area contributed by atoms with Gasteiger partial charge in [0.15, 0.2) is 0 Å². The van der Waals surface area contributed by atoms with Gasteiger partial charge in [-0.25, -0.2) is 0 Å². The molecule has 0 aromatic heterocycles. The van der Waals surface area contributed by atoms with Gasteiger partial charge in [-0.3, -0.25) is 4.79 Å². The van der Waals surface area contributed by atoms with E-state index < -0.39 is 6.10 Å². The van der Waals surface area contributed by atoms with Crippen LogP contribution < -0.4 is 5.32 Å². The maximum atomic E-state index is 11.8. The SMILES string of the molecule is CCC(CC)C(O)CNC(=O)/C=C/c1ccc(C)cc1C. The van der Waals surface area contributed by atoms with Crippen molar-refractivity contribution in [1.82, 2.24) is 5.32 Å². The molecular weight excluding hydrogens is 262 g/mol. The molecule has 0 saturated heterocycles. The van der Waals surface area contributed by atoms with E-state index in [4.69, 9.17) is 0 Å². The van der Waals surface area contributed by atoms with Crippen molar-refractivity contribution in [3.63, 3.8) is 0 Å². The molecule has 0 aliphatic carbocycles. The Bertz CT molecular complexity index is 490. The minimum Gasteiger partial charge on any atom is -0.391 e. The number of aryl methyl sites for hydroxylation is 2. The smallest absolute Gasteiger partial charge is 0.244 e. The highest BCUT2D eigenvalue weighted by Crippen LogP contribution is 2.13. The minimum atomic E-state index is -0.474. The Morgan fingerprint density at radius 2 is 1.95 bits per heavy atom. The van der Waals surface area contributed by atoms with Crippen LogP contribution in [0, 0.1) is 19.8 Å². The van der Waals surface area contributed by atoms with Crippen LogP contribution in [0.2, 0.25) is 0 Å². The molecule has 0 spiro atoms. The molecule has 0 aliphatic rings. The molecule has 1 aromatic carbocycles. The molecule has 116 valence electrons. The van der Waals surface area contributed by atoms with Crippen LogP contribution in [0.5, 0.6) is 0 Å². The van der Waals surface area contributed by atoms with Gasteiger partial charge < -0.3 is 10.4 Å². The summed E-state index contributed by atoms with van der Waals surface area (Å²) in [6, 6.07) is 6.13. The second-order valence-corrected chi connectivity index (χ2v) is 5.58. The Labute approximate surface area is 128 Å². The van der Waals surface area contributed by atoms with Gasteiger partial charge >= 0.3 is 0 Å². The zero-order chi connectivity index (χ0) is 15.8. The lowest BCUT2D eigenvalue weighted by Gasteiger charge is -2.19. The number of nitrogens with one attached hydrogen (secondary N) is 1. The molecule has 1 amide bonds. The van der Waals surface area contributed by atoms with Gasteiger partial charge in [0.25, 0.3) is 0 Å².